The summed E-state index contributed by atoms with van der Waals surface area (Å²) in [6, 6.07) is 0.629. The average molecular weight is 267 g/mol. The molecule has 5 heteroatoms. The second-order valence-electron chi connectivity index (χ2n) is 4.67. The van der Waals surface area contributed by atoms with Crippen molar-refractivity contribution in [2.24, 2.45) is 0 Å². The zero-order chi connectivity index (χ0) is 13.1. The van der Waals surface area contributed by atoms with Crippen molar-refractivity contribution in [1.82, 2.24) is 9.88 Å². The third-order valence-corrected chi connectivity index (χ3v) is 4.83. The molecule has 1 atom stereocenters. The SMILES string of the molecule is CCN(CC)C1CCN(c2nc(C)c(C=O)s2)C1. The zero-order valence-corrected chi connectivity index (χ0v) is 12.2. The van der Waals surface area contributed by atoms with E-state index in [0.717, 1.165) is 48.2 Å². The number of aromatic nitrogens is 1. The number of aryl methyl sites for hydroxylation is 1. The zero-order valence-electron chi connectivity index (χ0n) is 11.3. The minimum atomic E-state index is 0.629. The molecule has 0 aromatic carbocycles. The van der Waals surface area contributed by atoms with Gasteiger partial charge < -0.3 is 4.90 Å². The summed E-state index contributed by atoms with van der Waals surface area (Å²) in [5.74, 6) is 0. The maximum Gasteiger partial charge on any atom is 0.186 e. The van der Waals surface area contributed by atoms with Crippen LogP contribution in [0.2, 0.25) is 0 Å². The Labute approximate surface area is 113 Å². The van der Waals surface area contributed by atoms with Gasteiger partial charge in [-0.2, -0.15) is 0 Å². The van der Waals surface area contributed by atoms with Gasteiger partial charge in [-0.25, -0.2) is 4.98 Å². The van der Waals surface area contributed by atoms with Crippen LogP contribution in [0, 0.1) is 6.92 Å². The number of thiazole rings is 1. The number of likely N-dealkylation sites (N-methyl/N-ethyl adjacent to an activating group) is 1. The second-order valence-corrected chi connectivity index (χ2v) is 5.68. The fourth-order valence-electron chi connectivity index (χ4n) is 2.59. The molecule has 0 saturated carbocycles. The Hall–Kier alpha value is -0.940. The van der Waals surface area contributed by atoms with E-state index in [1.165, 1.54) is 17.8 Å². The Morgan fingerprint density at radius 3 is 2.78 bits per heavy atom. The summed E-state index contributed by atoms with van der Waals surface area (Å²) < 4.78 is 0. The van der Waals surface area contributed by atoms with Crippen molar-refractivity contribution in [3.63, 3.8) is 0 Å². The van der Waals surface area contributed by atoms with Crippen LogP contribution in [-0.2, 0) is 0 Å². The summed E-state index contributed by atoms with van der Waals surface area (Å²) >= 11 is 1.51. The molecule has 0 spiro atoms. The number of hydrogen-bond acceptors (Lipinski definition) is 5. The molecule has 1 aliphatic rings. The van der Waals surface area contributed by atoms with Gasteiger partial charge in [0.25, 0.3) is 0 Å². The van der Waals surface area contributed by atoms with Crippen molar-refractivity contribution in [3.8, 4) is 0 Å². The normalized spacial score (nSPS) is 19.8. The molecule has 1 fully saturated rings. The molecule has 100 valence electrons. The Bertz CT molecular complexity index is 414. The molecule has 1 unspecified atom stereocenters. The first-order valence-corrected chi connectivity index (χ1v) is 7.42. The van der Waals surface area contributed by atoms with E-state index < -0.39 is 0 Å². The highest BCUT2D eigenvalue weighted by molar-refractivity contribution is 7.17. The quantitative estimate of drug-likeness (QED) is 0.766. The molecule has 4 nitrogen and oxygen atoms in total. The maximum atomic E-state index is 10.9. The highest BCUT2D eigenvalue weighted by Gasteiger charge is 2.28. The third kappa shape index (κ3) is 2.57. The smallest absolute Gasteiger partial charge is 0.186 e. The topological polar surface area (TPSA) is 36.4 Å². The van der Waals surface area contributed by atoms with Crippen LogP contribution in [0.25, 0.3) is 0 Å². The summed E-state index contributed by atoms with van der Waals surface area (Å²) in [6.07, 6.45) is 2.10. The Morgan fingerprint density at radius 1 is 1.50 bits per heavy atom. The van der Waals surface area contributed by atoms with Gasteiger partial charge >= 0.3 is 0 Å². The van der Waals surface area contributed by atoms with Crippen LogP contribution >= 0.6 is 11.3 Å². The van der Waals surface area contributed by atoms with Gasteiger partial charge in [-0.3, -0.25) is 9.69 Å². The molecule has 0 radical (unpaired) electrons. The lowest BCUT2D eigenvalue weighted by Gasteiger charge is -2.25. The summed E-state index contributed by atoms with van der Waals surface area (Å²) in [6.45, 7) is 10.6. The van der Waals surface area contributed by atoms with Gasteiger partial charge in [0.2, 0.25) is 0 Å². The standard InChI is InChI=1S/C13H21N3OS/c1-4-15(5-2)11-6-7-16(8-11)13-14-10(3)12(9-17)18-13/h9,11H,4-8H2,1-3H3. The number of aldehydes is 1. The summed E-state index contributed by atoms with van der Waals surface area (Å²) in [4.78, 5) is 20.9. The molecule has 1 aromatic heterocycles. The van der Waals surface area contributed by atoms with Crippen molar-refractivity contribution in [2.45, 2.75) is 33.2 Å². The molecule has 2 rings (SSSR count). The van der Waals surface area contributed by atoms with E-state index in [0.29, 0.717) is 6.04 Å². The Kier molecular flexibility index (Phi) is 4.35. The summed E-state index contributed by atoms with van der Waals surface area (Å²) in [5.41, 5.74) is 0.858. The van der Waals surface area contributed by atoms with Gasteiger partial charge in [0.15, 0.2) is 11.4 Å². The van der Waals surface area contributed by atoms with E-state index in [9.17, 15) is 4.79 Å². The molecule has 0 N–H and O–H groups in total. The maximum absolute atomic E-state index is 10.9. The minimum absolute atomic E-state index is 0.629. The predicted octanol–water partition coefficient (Wildman–Crippen LogP) is 2.18. The van der Waals surface area contributed by atoms with Gasteiger partial charge in [-0.05, 0) is 26.4 Å². The molecule has 0 bridgehead atoms. The monoisotopic (exact) mass is 267 g/mol. The van der Waals surface area contributed by atoms with Crippen molar-refractivity contribution >= 4 is 22.8 Å². The van der Waals surface area contributed by atoms with E-state index in [4.69, 9.17) is 0 Å². The Morgan fingerprint density at radius 2 is 2.22 bits per heavy atom. The average Bonchev–Trinajstić information content (AvgIpc) is 2.97. The first-order chi connectivity index (χ1) is 8.69. The van der Waals surface area contributed by atoms with Crippen LogP contribution in [0.4, 0.5) is 5.13 Å². The Balaban J connectivity index is 2.05. The van der Waals surface area contributed by atoms with Crippen molar-refractivity contribution in [1.29, 1.82) is 0 Å². The molecule has 0 aliphatic carbocycles. The van der Waals surface area contributed by atoms with Gasteiger partial charge in [-0.1, -0.05) is 25.2 Å². The number of carbonyl (C=O) groups excluding carboxylic acids is 1. The minimum Gasteiger partial charge on any atom is -0.346 e. The van der Waals surface area contributed by atoms with Crippen LogP contribution in [0.5, 0.6) is 0 Å². The van der Waals surface area contributed by atoms with E-state index in [2.05, 4.69) is 28.6 Å². The molecule has 0 amide bonds. The van der Waals surface area contributed by atoms with Crippen LogP contribution in [0.3, 0.4) is 0 Å². The number of anilines is 1. The highest BCUT2D eigenvalue weighted by atomic mass is 32.1. The number of carbonyl (C=O) groups is 1. The lowest BCUT2D eigenvalue weighted by atomic mass is 10.2. The number of rotatable bonds is 5. The van der Waals surface area contributed by atoms with Crippen LogP contribution < -0.4 is 4.90 Å². The molecular formula is C13H21N3OS. The first-order valence-electron chi connectivity index (χ1n) is 6.61. The lowest BCUT2D eigenvalue weighted by Crippen LogP contribution is -2.37. The van der Waals surface area contributed by atoms with E-state index in [1.54, 1.807) is 0 Å². The molecule has 1 aliphatic heterocycles. The van der Waals surface area contributed by atoms with Crippen molar-refractivity contribution in [3.05, 3.63) is 10.6 Å². The fraction of sp³-hybridized carbons (Fsp3) is 0.692. The van der Waals surface area contributed by atoms with Gasteiger partial charge in [0, 0.05) is 19.1 Å². The van der Waals surface area contributed by atoms with E-state index in [-0.39, 0.29) is 0 Å². The second kappa shape index (κ2) is 5.80. The molecule has 18 heavy (non-hydrogen) atoms. The first kappa shape index (κ1) is 13.5. The highest BCUT2D eigenvalue weighted by Crippen LogP contribution is 2.28. The summed E-state index contributed by atoms with van der Waals surface area (Å²) in [7, 11) is 0. The van der Waals surface area contributed by atoms with E-state index >= 15 is 0 Å². The van der Waals surface area contributed by atoms with Crippen LogP contribution in [0.15, 0.2) is 0 Å². The van der Waals surface area contributed by atoms with Crippen molar-refractivity contribution < 1.29 is 4.79 Å². The number of hydrogen-bond donors (Lipinski definition) is 0. The van der Waals surface area contributed by atoms with Gasteiger partial charge in [0.1, 0.15) is 0 Å². The van der Waals surface area contributed by atoms with Gasteiger partial charge in [-0.15, -0.1) is 0 Å². The number of nitrogens with zero attached hydrogens (tertiary/aromatic N) is 3. The lowest BCUT2D eigenvalue weighted by molar-refractivity contribution is 0.112. The summed E-state index contributed by atoms with van der Waals surface area (Å²) in [5, 5.41) is 1.00. The van der Waals surface area contributed by atoms with E-state index in [1.807, 2.05) is 6.92 Å². The largest absolute Gasteiger partial charge is 0.346 e. The van der Waals surface area contributed by atoms with Crippen LogP contribution in [0.1, 0.15) is 35.6 Å². The third-order valence-electron chi connectivity index (χ3n) is 3.69. The molecule has 2 heterocycles. The van der Waals surface area contributed by atoms with Crippen LogP contribution in [-0.4, -0.2) is 48.4 Å². The molecular weight excluding hydrogens is 246 g/mol. The molecule has 1 aromatic rings. The van der Waals surface area contributed by atoms with Crippen molar-refractivity contribution in [2.75, 3.05) is 31.1 Å². The van der Waals surface area contributed by atoms with Gasteiger partial charge in [0.05, 0.1) is 10.6 Å². The molecule has 1 saturated heterocycles. The fourth-order valence-corrected chi connectivity index (χ4v) is 3.51. The predicted molar refractivity (Wildman–Crippen MR) is 75.8 cm³/mol.